The summed E-state index contributed by atoms with van der Waals surface area (Å²) in [5, 5.41) is 11.4. The molecule has 1 aromatic rings. The number of nitrogens with one attached hydrogen (secondary N) is 1. The summed E-state index contributed by atoms with van der Waals surface area (Å²) in [5.74, 6) is 0.899. The molecule has 2 amide bonds. The smallest absolute Gasteiger partial charge is 0.318 e. The Morgan fingerprint density at radius 2 is 1.83 bits per heavy atom. The molecule has 7 heteroatoms. The minimum Gasteiger partial charge on any atom is -0.408 e. The molecular formula is C16H27N5O2. The van der Waals surface area contributed by atoms with E-state index in [9.17, 15) is 4.79 Å². The molecule has 0 spiro atoms. The highest BCUT2D eigenvalue weighted by Gasteiger charge is 2.26. The fraction of sp³-hybridized carbons (Fsp3) is 0.812. The molecule has 1 saturated heterocycles. The van der Waals surface area contributed by atoms with Gasteiger partial charge in [-0.15, -0.1) is 5.10 Å². The van der Waals surface area contributed by atoms with E-state index in [2.05, 4.69) is 20.4 Å². The van der Waals surface area contributed by atoms with Crippen LogP contribution in [0.3, 0.4) is 0 Å². The SMILES string of the molecule is CC(C)c1nnc(N2CCN(C(=O)NC3CCCCC3)CC2)o1. The minimum absolute atomic E-state index is 0.0740. The maximum Gasteiger partial charge on any atom is 0.318 e. The van der Waals surface area contributed by atoms with E-state index in [1.165, 1.54) is 19.3 Å². The second-order valence-electron chi connectivity index (χ2n) is 6.84. The standard InChI is InChI=1S/C16H27N5O2/c1-12(2)14-18-19-16(23-14)21-10-8-20(9-11-21)15(22)17-13-6-4-3-5-7-13/h12-13H,3-11H2,1-2H3,(H,17,22). The van der Waals surface area contributed by atoms with E-state index in [0.29, 0.717) is 31.0 Å². The van der Waals surface area contributed by atoms with Gasteiger partial charge in [-0.25, -0.2) is 4.79 Å². The normalized spacial score (nSPS) is 20.1. The number of amides is 2. The van der Waals surface area contributed by atoms with Crippen LogP contribution >= 0.6 is 0 Å². The van der Waals surface area contributed by atoms with Crippen molar-refractivity contribution in [3.63, 3.8) is 0 Å². The fourth-order valence-corrected chi connectivity index (χ4v) is 3.20. The van der Waals surface area contributed by atoms with E-state index >= 15 is 0 Å². The van der Waals surface area contributed by atoms with Crippen molar-refractivity contribution in [1.29, 1.82) is 0 Å². The highest BCUT2D eigenvalue weighted by Crippen LogP contribution is 2.20. The van der Waals surface area contributed by atoms with Gasteiger partial charge in [-0.05, 0) is 12.8 Å². The third kappa shape index (κ3) is 3.95. The van der Waals surface area contributed by atoms with Gasteiger partial charge in [0, 0.05) is 38.1 Å². The van der Waals surface area contributed by atoms with Crippen LogP contribution in [0.4, 0.5) is 10.8 Å². The number of hydrogen-bond acceptors (Lipinski definition) is 5. The Morgan fingerprint density at radius 1 is 1.13 bits per heavy atom. The largest absolute Gasteiger partial charge is 0.408 e. The zero-order valence-corrected chi connectivity index (χ0v) is 14.1. The van der Waals surface area contributed by atoms with Crippen LogP contribution in [0.25, 0.3) is 0 Å². The zero-order chi connectivity index (χ0) is 16.2. The maximum absolute atomic E-state index is 12.3. The van der Waals surface area contributed by atoms with E-state index in [-0.39, 0.29) is 11.9 Å². The summed E-state index contributed by atoms with van der Waals surface area (Å²) in [7, 11) is 0. The van der Waals surface area contributed by atoms with Gasteiger partial charge in [0.1, 0.15) is 0 Å². The Hall–Kier alpha value is -1.79. The second kappa shape index (κ2) is 7.19. The van der Waals surface area contributed by atoms with Crippen LogP contribution < -0.4 is 10.2 Å². The lowest BCUT2D eigenvalue weighted by Crippen LogP contribution is -2.53. The van der Waals surface area contributed by atoms with Crippen molar-refractivity contribution in [2.24, 2.45) is 0 Å². The minimum atomic E-state index is 0.0740. The molecule has 0 unspecified atom stereocenters. The quantitative estimate of drug-likeness (QED) is 0.925. The van der Waals surface area contributed by atoms with Gasteiger partial charge in [0.15, 0.2) is 0 Å². The van der Waals surface area contributed by atoms with Gasteiger partial charge >= 0.3 is 12.0 Å². The monoisotopic (exact) mass is 321 g/mol. The predicted octanol–water partition coefficient (Wildman–Crippen LogP) is 2.36. The fourth-order valence-electron chi connectivity index (χ4n) is 3.20. The van der Waals surface area contributed by atoms with Crippen molar-refractivity contribution in [3.8, 4) is 0 Å². The Balaban J connectivity index is 1.48. The molecule has 23 heavy (non-hydrogen) atoms. The Bertz CT molecular complexity index is 516. The highest BCUT2D eigenvalue weighted by molar-refractivity contribution is 5.74. The van der Waals surface area contributed by atoms with Crippen LogP contribution in [0.1, 0.15) is 57.8 Å². The van der Waals surface area contributed by atoms with Gasteiger partial charge in [-0.2, -0.15) is 0 Å². The van der Waals surface area contributed by atoms with Gasteiger partial charge in [0.25, 0.3) is 0 Å². The molecule has 7 nitrogen and oxygen atoms in total. The highest BCUT2D eigenvalue weighted by atomic mass is 16.4. The van der Waals surface area contributed by atoms with Crippen molar-refractivity contribution in [2.45, 2.75) is 57.9 Å². The van der Waals surface area contributed by atoms with E-state index in [1.807, 2.05) is 18.7 Å². The van der Waals surface area contributed by atoms with Crippen molar-refractivity contribution >= 4 is 12.0 Å². The van der Waals surface area contributed by atoms with Gasteiger partial charge in [0.2, 0.25) is 5.89 Å². The Morgan fingerprint density at radius 3 is 2.43 bits per heavy atom. The van der Waals surface area contributed by atoms with Crippen LogP contribution in [-0.4, -0.2) is 53.3 Å². The van der Waals surface area contributed by atoms with E-state index < -0.39 is 0 Å². The first-order valence-corrected chi connectivity index (χ1v) is 8.77. The molecule has 3 rings (SSSR count). The van der Waals surface area contributed by atoms with Crippen molar-refractivity contribution in [3.05, 3.63) is 5.89 Å². The first kappa shape index (κ1) is 16.1. The summed E-state index contributed by atoms with van der Waals surface area (Å²) >= 11 is 0. The molecule has 0 bridgehead atoms. The van der Waals surface area contributed by atoms with Crippen LogP contribution in [0.15, 0.2) is 4.42 Å². The molecular weight excluding hydrogens is 294 g/mol. The van der Waals surface area contributed by atoms with Gasteiger partial charge in [-0.3, -0.25) is 0 Å². The number of nitrogens with zero attached hydrogens (tertiary/aromatic N) is 4. The first-order chi connectivity index (χ1) is 11.1. The summed E-state index contributed by atoms with van der Waals surface area (Å²) in [6.07, 6.45) is 5.99. The molecule has 2 heterocycles. The maximum atomic E-state index is 12.3. The molecule has 2 fully saturated rings. The zero-order valence-electron chi connectivity index (χ0n) is 14.1. The van der Waals surface area contributed by atoms with Crippen LogP contribution in [0.5, 0.6) is 0 Å². The average Bonchev–Trinajstić information content (AvgIpc) is 3.06. The summed E-state index contributed by atoms with van der Waals surface area (Å²) in [6.45, 7) is 6.92. The average molecular weight is 321 g/mol. The lowest BCUT2D eigenvalue weighted by atomic mass is 9.96. The molecule has 2 aliphatic rings. The van der Waals surface area contributed by atoms with Crippen molar-refractivity contribution in [1.82, 2.24) is 20.4 Å². The number of carbonyl (C=O) groups is 1. The van der Waals surface area contributed by atoms with Crippen molar-refractivity contribution in [2.75, 3.05) is 31.1 Å². The summed E-state index contributed by atoms with van der Waals surface area (Å²) in [4.78, 5) is 16.3. The summed E-state index contributed by atoms with van der Waals surface area (Å²) in [6, 6.07) is 1.00. The number of hydrogen-bond donors (Lipinski definition) is 1. The predicted molar refractivity (Wildman–Crippen MR) is 87.6 cm³/mol. The van der Waals surface area contributed by atoms with Gasteiger partial charge < -0.3 is 19.5 Å². The van der Waals surface area contributed by atoms with Gasteiger partial charge in [0.05, 0.1) is 0 Å². The molecule has 1 aromatic heterocycles. The van der Waals surface area contributed by atoms with Gasteiger partial charge in [-0.1, -0.05) is 38.2 Å². The summed E-state index contributed by atoms with van der Waals surface area (Å²) < 4.78 is 5.69. The molecule has 1 saturated carbocycles. The second-order valence-corrected chi connectivity index (χ2v) is 6.84. The Labute approximate surface area is 137 Å². The molecule has 0 atom stereocenters. The molecule has 1 aliphatic carbocycles. The number of urea groups is 1. The third-order valence-electron chi connectivity index (χ3n) is 4.69. The lowest BCUT2D eigenvalue weighted by molar-refractivity contribution is 0.185. The molecule has 0 radical (unpaired) electrons. The van der Waals surface area contributed by atoms with E-state index in [4.69, 9.17) is 4.42 Å². The molecule has 128 valence electrons. The number of rotatable bonds is 3. The lowest BCUT2D eigenvalue weighted by Gasteiger charge is -2.35. The number of piperazine rings is 1. The molecule has 0 aromatic carbocycles. The summed E-state index contributed by atoms with van der Waals surface area (Å²) in [5.41, 5.74) is 0. The number of carbonyl (C=O) groups excluding carboxylic acids is 1. The number of anilines is 1. The topological polar surface area (TPSA) is 74.5 Å². The first-order valence-electron chi connectivity index (χ1n) is 8.77. The van der Waals surface area contributed by atoms with Crippen molar-refractivity contribution < 1.29 is 9.21 Å². The van der Waals surface area contributed by atoms with Crippen LogP contribution in [0, 0.1) is 0 Å². The molecule has 1 N–H and O–H groups in total. The molecule has 1 aliphatic heterocycles. The van der Waals surface area contributed by atoms with Crippen LogP contribution in [0.2, 0.25) is 0 Å². The van der Waals surface area contributed by atoms with E-state index in [1.54, 1.807) is 0 Å². The van der Waals surface area contributed by atoms with E-state index in [0.717, 1.165) is 25.9 Å². The number of aromatic nitrogens is 2. The Kier molecular flexibility index (Phi) is 5.03. The van der Waals surface area contributed by atoms with Crippen LogP contribution in [-0.2, 0) is 0 Å². The third-order valence-corrected chi connectivity index (χ3v) is 4.69.